The second-order valence-electron chi connectivity index (χ2n) is 4.47. The fourth-order valence-electron chi connectivity index (χ4n) is 1.77. The van der Waals surface area contributed by atoms with E-state index in [0.717, 1.165) is 5.56 Å². The third-order valence-electron chi connectivity index (χ3n) is 2.95. The van der Waals surface area contributed by atoms with Crippen LogP contribution < -0.4 is 11.1 Å². The summed E-state index contributed by atoms with van der Waals surface area (Å²) in [5.74, 6) is -0.676. The molecule has 0 saturated carbocycles. The Morgan fingerprint density at radius 3 is 2.62 bits per heavy atom. The second-order valence-corrected chi connectivity index (χ2v) is 6.07. The van der Waals surface area contributed by atoms with Crippen LogP contribution in [0.5, 0.6) is 0 Å². The fourth-order valence-corrected chi connectivity index (χ4v) is 2.62. The molecule has 3 nitrogen and oxygen atoms in total. The summed E-state index contributed by atoms with van der Waals surface area (Å²) in [5, 5.41) is 2.80. The normalized spacial score (nSPS) is 10.2. The van der Waals surface area contributed by atoms with Gasteiger partial charge in [-0.15, -0.1) is 0 Å². The quantitative estimate of drug-likeness (QED) is 0.596. The Kier molecular flexibility index (Phi) is 4.89. The number of aryl methyl sites for hydroxylation is 1. The van der Waals surface area contributed by atoms with Gasteiger partial charge in [-0.05, 0) is 59.3 Å². The molecule has 0 saturated heterocycles. The molecular weight excluding hydrogens is 402 g/mol. The maximum absolute atomic E-state index is 13.1. The molecule has 2 aromatic rings. The Morgan fingerprint density at radius 2 is 2.00 bits per heavy atom. The highest BCUT2D eigenvalue weighted by Crippen LogP contribution is 2.20. The zero-order valence-electron chi connectivity index (χ0n) is 11.1. The topological polar surface area (TPSA) is 55.1 Å². The number of anilines is 1. The van der Waals surface area contributed by atoms with Crippen molar-refractivity contribution in [1.29, 1.82) is 0 Å². The van der Waals surface area contributed by atoms with Crippen LogP contribution in [-0.4, -0.2) is 10.9 Å². The first-order valence-electron chi connectivity index (χ1n) is 6.05. The molecule has 0 aliphatic heterocycles. The first-order chi connectivity index (χ1) is 9.88. The van der Waals surface area contributed by atoms with Gasteiger partial charge in [0.2, 0.25) is 0 Å². The number of benzene rings is 2. The Balaban J connectivity index is 2.31. The SMILES string of the molecule is Cc1ccc(C(N)=S)cc1NC(=O)c1ccc(F)cc1I. The van der Waals surface area contributed by atoms with E-state index in [9.17, 15) is 9.18 Å². The van der Waals surface area contributed by atoms with E-state index in [0.29, 0.717) is 20.4 Å². The van der Waals surface area contributed by atoms with E-state index in [1.807, 2.05) is 35.6 Å². The minimum Gasteiger partial charge on any atom is -0.389 e. The summed E-state index contributed by atoms with van der Waals surface area (Å²) in [6.45, 7) is 1.87. The van der Waals surface area contributed by atoms with Gasteiger partial charge in [-0.3, -0.25) is 4.79 Å². The highest BCUT2D eigenvalue weighted by Gasteiger charge is 2.12. The maximum atomic E-state index is 13.1. The standard InChI is InChI=1S/C15H12FIN2OS/c1-8-2-3-9(14(18)21)6-13(8)19-15(20)11-5-4-10(16)7-12(11)17/h2-7H,1H3,(H2,18,21)(H,19,20). The summed E-state index contributed by atoms with van der Waals surface area (Å²) in [5.41, 5.74) is 8.20. The lowest BCUT2D eigenvalue weighted by atomic mass is 10.1. The fraction of sp³-hybridized carbons (Fsp3) is 0.0667. The molecule has 6 heteroatoms. The van der Waals surface area contributed by atoms with E-state index < -0.39 is 0 Å². The van der Waals surface area contributed by atoms with Crippen molar-refractivity contribution in [3.63, 3.8) is 0 Å². The first kappa shape index (κ1) is 15.8. The Labute approximate surface area is 140 Å². The number of rotatable bonds is 3. The van der Waals surface area contributed by atoms with Crippen LogP contribution >= 0.6 is 34.8 Å². The van der Waals surface area contributed by atoms with Crippen LogP contribution in [0.4, 0.5) is 10.1 Å². The molecule has 0 heterocycles. The summed E-state index contributed by atoms with van der Waals surface area (Å²) >= 11 is 6.86. The van der Waals surface area contributed by atoms with E-state index in [-0.39, 0.29) is 16.7 Å². The lowest BCUT2D eigenvalue weighted by Gasteiger charge is -2.11. The lowest BCUT2D eigenvalue weighted by Crippen LogP contribution is -2.16. The van der Waals surface area contributed by atoms with Crippen LogP contribution in [-0.2, 0) is 0 Å². The van der Waals surface area contributed by atoms with Gasteiger partial charge in [0.05, 0.1) is 5.56 Å². The second kappa shape index (κ2) is 6.48. The van der Waals surface area contributed by atoms with Gasteiger partial charge in [-0.2, -0.15) is 0 Å². The first-order valence-corrected chi connectivity index (χ1v) is 7.54. The van der Waals surface area contributed by atoms with E-state index in [1.54, 1.807) is 12.1 Å². The van der Waals surface area contributed by atoms with Gasteiger partial charge in [0, 0.05) is 14.8 Å². The monoisotopic (exact) mass is 414 g/mol. The van der Waals surface area contributed by atoms with Gasteiger partial charge in [-0.25, -0.2) is 4.39 Å². The van der Waals surface area contributed by atoms with Crippen molar-refractivity contribution in [2.24, 2.45) is 5.73 Å². The summed E-state index contributed by atoms with van der Waals surface area (Å²) in [7, 11) is 0. The molecule has 0 fully saturated rings. The molecule has 1 amide bonds. The van der Waals surface area contributed by atoms with E-state index >= 15 is 0 Å². The zero-order chi connectivity index (χ0) is 15.6. The van der Waals surface area contributed by atoms with Crippen LogP contribution in [0.3, 0.4) is 0 Å². The summed E-state index contributed by atoms with van der Waals surface area (Å²) in [6, 6.07) is 9.39. The van der Waals surface area contributed by atoms with Crippen molar-refractivity contribution in [2.75, 3.05) is 5.32 Å². The van der Waals surface area contributed by atoms with Crippen LogP contribution in [0.25, 0.3) is 0 Å². The number of thiocarbonyl (C=S) groups is 1. The van der Waals surface area contributed by atoms with Gasteiger partial charge in [-0.1, -0.05) is 24.4 Å². The van der Waals surface area contributed by atoms with E-state index in [2.05, 4.69) is 5.32 Å². The van der Waals surface area contributed by atoms with Crippen LogP contribution in [0.2, 0.25) is 0 Å². The number of amides is 1. The summed E-state index contributed by atoms with van der Waals surface area (Å²) in [4.78, 5) is 12.5. The van der Waals surface area contributed by atoms with Crippen molar-refractivity contribution in [3.05, 3.63) is 62.5 Å². The highest BCUT2D eigenvalue weighted by atomic mass is 127. The van der Waals surface area contributed by atoms with Gasteiger partial charge >= 0.3 is 0 Å². The predicted octanol–water partition coefficient (Wildman–Crippen LogP) is 3.63. The minimum atomic E-state index is -0.373. The van der Waals surface area contributed by atoms with Crippen molar-refractivity contribution >= 4 is 51.4 Å². The van der Waals surface area contributed by atoms with Gasteiger partial charge in [0.15, 0.2) is 0 Å². The number of hydrogen-bond acceptors (Lipinski definition) is 2. The highest BCUT2D eigenvalue weighted by molar-refractivity contribution is 14.1. The predicted molar refractivity (Wildman–Crippen MR) is 94.1 cm³/mol. The molecular formula is C15H12FIN2OS. The molecule has 0 aliphatic carbocycles. The molecule has 21 heavy (non-hydrogen) atoms. The molecule has 0 spiro atoms. The molecule has 0 bridgehead atoms. The van der Waals surface area contributed by atoms with Crippen molar-refractivity contribution in [3.8, 4) is 0 Å². The zero-order valence-corrected chi connectivity index (χ0v) is 14.1. The Bertz CT molecular complexity index is 734. The number of halogens is 2. The molecule has 0 aromatic heterocycles. The average molecular weight is 414 g/mol. The van der Waals surface area contributed by atoms with Gasteiger partial charge < -0.3 is 11.1 Å². The van der Waals surface area contributed by atoms with Gasteiger partial charge in [0.25, 0.3) is 5.91 Å². The number of nitrogens with one attached hydrogen (secondary N) is 1. The number of hydrogen-bond donors (Lipinski definition) is 2. The lowest BCUT2D eigenvalue weighted by molar-refractivity contribution is 0.102. The summed E-state index contributed by atoms with van der Waals surface area (Å²) in [6.07, 6.45) is 0. The average Bonchev–Trinajstić information content (AvgIpc) is 2.40. The van der Waals surface area contributed by atoms with Crippen LogP contribution in [0.15, 0.2) is 36.4 Å². The largest absolute Gasteiger partial charge is 0.389 e. The Hall–Kier alpha value is -1.54. The Morgan fingerprint density at radius 1 is 1.29 bits per heavy atom. The van der Waals surface area contributed by atoms with E-state index in [1.165, 1.54) is 18.2 Å². The molecule has 0 unspecified atom stereocenters. The molecule has 0 atom stereocenters. The van der Waals surface area contributed by atoms with Crippen molar-refractivity contribution in [2.45, 2.75) is 6.92 Å². The summed E-state index contributed by atoms with van der Waals surface area (Å²) < 4.78 is 13.6. The molecule has 2 aromatic carbocycles. The molecule has 2 rings (SSSR count). The van der Waals surface area contributed by atoms with Crippen molar-refractivity contribution < 1.29 is 9.18 Å². The number of carbonyl (C=O) groups excluding carboxylic acids is 1. The van der Waals surface area contributed by atoms with Crippen LogP contribution in [0, 0.1) is 16.3 Å². The van der Waals surface area contributed by atoms with Gasteiger partial charge in [0.1, 0.15) is 10.8 Å². The minimum absolute atomic E-state index is 0.266. The molecule has 0 aliphatic rings. The molecule has 0 radical (unpaired) electrons. The van der Waals surface area contributed by atoms with E-state index in [4.69, 9.17) is 18.0 Å². The van der Waals surface area contributed by atoms with Crippen molar-refractivity contribution in [1.82, 2.24) is 0 Å². The number of nitrogens with two attached hydrogens (primary N) is 1. The molecule has 3 N–H and O–H groups in total. The van der Waals surface area contributed by atoms with Crippen LogP contribution in [0.1, 0.15) is 21.5 Å². The number of carbonyl (C=O) groups is 1. The third kappa shape index (κ3) is 3.76. The maximum Gasteiger partial charge on any atom is 0.256 e. The third-order valence-corrected chi connectivity index (χ3v) is 4.07. The molecule has 108 valence electrons. The smallest absolute Gasteiger partial charge is 0.256 e.